The summed E-state index contributed by atoms with van der Waals surface area (Å²) in [6, 6.07) is 9.80. The highest BCUT2D eigenvalue weighted by molar-refractivity contribution is 7.80. The maximum absolute atomic E-state index is 13.5. The van der Waals surface area contributed by atoms with Crippen LogP contribution in [-0.4, -0.2) is 16.0 Å². The number of anilines is 1. The van der Waals surface area contributed by atoms with Crippen molar-refractivity contribution in [2.75, 3.05) is 5.32 Å². The number of thiazole rings is 1. The normalized spacial score (nSPS) is 10.5. The van der Waals surface area contributed by atoms with E-state index in [1.165, 1.54) is 41.7 Å². The molecule has 3 aromatic rings. The van der Waals surface area contributed by atoms with Gasteiger partial charge < -0.3 is 5.32 Å². The van der Waals surface area contributed by atoms with Crippen molar-refractivity contribution in [1.29, 1.82) is 0 Å². The zero-order valence-electron chi connectivity index (χ0n) is 11.5. The van der Waals surface area contributed by atoms with Crippen LogP contribution in [0.3, 0.4) is 0 Å². The Morgan fingerprint density at radius 1 is 1.17 bits per heavy atom. The molecule has 1 amide bonds. The van der Waals surface area contributed by atoms with Crippen molar-refractivity contribution in [3.05, 3.63) is 59.7 Å². The average Bonchev–Trinajstić information content (AvgIpc) is 2.88. The summed E-state index contributed by atoms with van der Waals surface area (Å²) < 4.78 is 27.3. The third-order valence-corrected chi connectivity index (χ3v) is 4.05. The summed E-state index contributed by atoms with van der Waals surface area (Å²) in [4.78, 5) is 16.2. The van der Waals surface area contributed by atoms with Crippen LogP contribution in [0.15, 0.2) is 42.5 Å². The monoisotopic (exact) mass is 349 g/mol. The molecule has 0 fully saturated rings. The molecule has 2 N–H and O–H groups in total. The number of rotatable bonds is 2. The van der Waals surface area contributed by atoms with Gasteiger partial charge in [0.25, 0.3) is 5.91 Å². The molecule has 0 aliphatic heterocycles. The Morgan fingerprint density at radius 3 is 2.74 bits per heavy atom. The van der Waals surface area contributed by atoms with Crippen LogP contribution in [-0.2, 0) is 0 Å². The molecular formula is C15H9F2N3OS2. The summed E-state index contributed by atoms with van der Waals surface area (Å²) >= 11 is 6.20. The number of carbonyl (C=O) groups excluding carboxylic acids is 1. The van der Waals surface area contributed by atoms with Crippen LogP contribution in [0.5, 0.6) is 0 Å². The second kappa shape index (κ2) is 6.35. The number of benzene rings is 2. The van der Waals surface area contributed by atoms with Gasteiger partial charge in [0.05, 0.1) is 15.8 Å². The third kappa shape index (κ3) is 3.49. The van der Waals surface area contributed by atoms with Crippen LogP contribution in [0, 0.1) is 11.6 Å². The van der Waals surface area contributed by atoms with E-state index in [9.17, 15) is 13.6 Å². The lowest BCUT2D eigenvalue weighted by atomic mass is 10.2. The smallest absolute Gasteiger partial charge is 0.260 e. The Labute approximate surface area is 139 Å². The van der Waals surface area contributed by atoms with Crippen LogP contribution in [0.2, 0.25) is 0 Å². The summed E-state index contributed by atoms with van der Waals surface area (Å²) in [7, 11) is 0. The lowest BCUT2D eigenvalue weighted by molar-refractivity contribution is 0.0974. The van der Waals surface area contributed by atoms with Gasteiger partial charge in [-0.3, -0.25) is 10.1 Å². The minimum Gasteiger partial charge on any atom is -0.308 e. The van der Waals surface area contributed by atoms with Crippen molar-refractivity contribution in [2.45, 2.75) is 0 Å². The van der Waals surface area contributed by atoms with Crippen molar-refractivity contribution in [2.24, 2.45) is 0 Å². The van der Waals surface area contributed by atoms with Gasteiger partial charge >= 0.3 is 0 Å². The standard InChI is InChI=1S/C15H9F2N3OS2/c16-8-5-6-11-12(7-8)23-15(18-11)20-14(22)19-13(21)9-3-1-2-4-10(9)17/h1-7H,(H2,18,19,20,21,22). The van der Waals surface area contributed by atoms with E-state index >= 15 is 0 Å². The molecule has 4 nitrogen and oxygen atoms in total. The highest BCUT2D eigenvalue weighted by Crippen LogP contribution is 2.26. The Bertz CT molecular complexity index is 911. The van der Waals surface area contributed by atoms with Crippen LogP contribution in [0.4, 0.5) is 13.9 Å². The first-order valence-electron chi connectivity index (χ1n) is 6.46. The van der Waals surface area contributed by atoms with E-state index in [1.54, 1.807) is 12.1 Å². The summed E-state index contributed by atoms with van der Waals surface area (Å²) in [5.74, 6) is -1.65. The summed E-state index contributed by atoms with van der Waals surface area (Å²) in [6.45, 7) is 0. The van der Waals surface area contributed by atoms with Gasteiger partial charge in [0, 0.05) is 0 Å². The van der Waals surface area contributed by atoms with Crippen molar-refractivity contribution in [1.82, 2.24) is 10.3 Å². The Morgan fingerprint density at radius 2 is 1.96 bits per heavy atom. The second-order valence-electron chi connectivity index (χ2n) is 4.52. The highest BCUT2D eigenvalue weighted by atomic mass is 32.1. The number of fused-ring (bicyclic) bond motifs is 1. The fraction of sp³-hybridized carbons (Fsp3) is 0. The van der Waals surface area contributed by atoms with Gasteiger partial charge in [0.2, 0.25) is 0 Å². The molecule has 0 spiro atoms. The molecule has 0 bridgehead atoms. The maximum Gasteiger partial charge on any atom is 0.260 e. The van der Waals surface area contributed by atoms with Crippen LogP contribution in [0.25, 0.3) is 10.2 Å². The van der Waals surface area contributed by atoms with E-state index in [0.29, 0.717) is 15.3 Å². The van der Waals surface area contributed by atoms with E-state index in [2.05, 4.69) is 15.6 Å². The second-order valence-corrected chi connectivity index (χ2v) is 5.96. The number of nitrogens with zero attached hydrogens (tertiary/aromatic N) is 1. The van der Waals surface area contributed by atoms with Gasteiger partial charge in [-0.1, -0.05) is 23.5 Å². The molecule has 0 aliphatic rings. The zero-order chi connectivity index (χ0) is 16.4. The first-order valence-corrected chi connectivity index (χ1v) is 7.68. The van der Waals surface area contributed by atoms with Gasteiger partial charge in [-0.25, -0.2) is 13.8 Å². The topological polar surface area (TPSA) is 54.0 Å². The molecular weight excluding hydrogens is 340 g/mol. The quantitative estimate of drug-likeness (QED) is 0.693. The van der Waals surface area contributed by atoms with Crippen molar-refractivity contribution >= 4 is 49.9 Å². The molecule has 0 aliphatic carbocycles. The van der Waals surface area contributed by atoms with E-state index in [4.69, 9.17) is 12.2 Å². The minimum absolute atomic E-state index is 0.0159. The fourth-order valence-electron chi connectivity index (χ4n) is 1.90. The molecule has 1 aromatic heterocycles. The third-order valence-electron chi connectivity index (χ3n) is 2.92. The molecule has 0 saturated heterocycles. The highest BCUT2D eigenvalue weighted by Gasteiger charge is 2.13. The minimum atomic E-state index is -0.659. The van der Waals surface area contributed by atoms with E-state index in [0.717, 1.165) is 0 Å². The van der Waals surface area contributed by atoms with Crippen LogP contribution < -0.4 is 10.6 Å². The predicted octanol–water partition coefficient (Wildman–Crippen LogP) is 3.70. The average molecular weight is 349 g/mol. The molecule has 116 valence electrons. The molecule has 2 aromatic carbocycles. The van der Waals surface area contributed by atoms with E-state index in [1.807, 2.05) is 0 Å². The van der Waals surface area contributed by atoms with Crippen LogP contribution >= 0.6 is 23.6 Å². The summed E-state index contributed by atoms with van der Waals surface area (Å²) in [5, 5.41) is 5.50. The number of hydrogen-bond acceptors (Lipinski definition) is 4. The molecule has 23 heavy (non-hydrogen) atoms. The van der Waals surface area contributed by atoms with Gasteiger partial charge in [-0.05, 0) is 42.5 Å². The Kier molecular flexibility index (Phi) is 4.26. The molecule has 0 radical (unpaired) electrons. The molecule has 0 atom stereocenters. The molecule has 3 rings (SSSR count). The lowest BCUT2D eigenvalue weighted by Crippen LogP contribution is -2.34. The van der Waals surface area contributed by atoms with Crippen LogP contribution in [0.1, 0.15) is 10.4 Å². The van der Waals surface area contributed by atoms with Crippen molar-refractivity contribution < 1.29 is 13.6 Å². The Balaban J connectivity index is 1.71. The van der Waals surface area contributed by atoms with Gasteiger partial charge in [0.1, 0.15) is 11.6 Å². The molecule has 8 heteroatoms. The largest absolute Gasteiger partial charge is 0.308 e. The number of thiocarbonyl (C=S) groups is 1. The van der Waals surface area contributed by atoms with Crippen molar-refractivity contribution in [3.63, 3.8) is 0 Å². The number of amides is 1. The number of aromatic nitrogens is 1. The van der Waals surface area contributed by atoms with Crippen molar-refractivity contribution in [3.8, 4) is 0 Å². The first kappa shape index (κ1) is 15.4. The summed E-state index contributed by atoms with van der Waals surface area (Å²) in [5.41, 5.74) is 0.505. The van der Waals surface area contributed by atoms with Gasteiger partial charge in [-0.15, -0.1) is 0 Å². The van der Waals surface area contributed by atoms with Gasteiger partial charge in [0.15, 0.2) is 10.2 Å². The molecule has 0 unspecified atom stereocenters. The Hall–Kier alpha value is -2.45. The van der Waals surface area contributed by atoms with E-state index in [-0.39, 0.29) is 16.5 Å². The predicted molar refractivity (Wildman–Crippen MR) is 89.7 cm³/mol. The van der Waals surface area contributed by atoms with Gasteiger partial charge in [-0.2, -0.15) is 0 Å². The lowest BCUT2D eigenvalue weighted by Gasteiger charge is -2.07. The molecule has 0 saturated carbocycles. The number of carbonyl (C=O) groups is 1. The van der Waals surface area contributed by atoms with E-state index < -0.39 is 11.7 Å². The molecule has 1 heterocycles. The zero-order valence-corrected chi connectivity index (χ0v) is 13.1. The maximum atomic E-state index is 13.5. The number of halogens is 2. The fourth-order valence-corrected chi connectivity index (χ4v) is 3.05. The number of hydrogen-bond donors (Lipinski definition) is 2. The number of nitrogens with one attached hydrogen (secondary N) is 2. The summed E-state index contributed by atoms with van der Waals surface area (Å²) in [6.07, 6.45) is 0. The SMILES string of the molecule is O=C(NC(=S)Nc1nc2ccc(F)cc2s1)c1ccccc1F. The first-order chi connectivity index (χ1) is 11.0.